The maximum absolute atomic E-state index is 5.16. The van der Waals surface area contributed by atoms with Crippen molar-refractivity contribution in [3.63, 3.8) is 0 Å². The molecule has 0 aliphatic carbocycles. The number of ether oxygens (including phenoxy) is 2. The Morgan fingerprint density at radius 2 is 1.05 bits per heavy atom. The molecule has 0 aromatic heterocycles. The highest BCUT2D eigenvalue weighted by molar-refractivity contribution is 8.00. The fraction of sp³-hybridized carbons (Fsp3) is 0.294. The molecule has 0 heterocycles. The normalized spacial score (nSPS) is 10.4. The highest BCUT2D eigenvalue weighted by atomic mass is 32.2. The first-order chi connectivity index (χ1) is 10.3. The summed E-state index contributed by atoms with van der Waals surface area (Å²) in [6.45, 7) is 0. The van der Waals surface area contributed by atoms with Crippen molar-refractivity contribution in [2.75, 3.05) is 25.7 Å². The van der Waals surface area contributed by atoms with Gasteiger partial charge in [0, 0.05) is 9.79 Å². The van der Waals surface area contributed by atoms with Gasteiger partial charge in [0.1, 0.15) is 11.5 Å². The van der Waals surface area contributed by atoms with E-state index in [-0.39, 0.29) is 0 Å². The van der Waals surface area contributed by atoms with Crippen molar-refractivity contribution in [2.45, 2.75) is 16.2 Å². The van der Waals surface area contributed by atoms with Gasteiger partial charge in [-0.3, -0.25) is 0 Å². The second kappa shape index (κ2) is 8.90. The molecule has 4 heteroatoms. The quantitative estimate of drug-likeness (QED) is 0.504. The van der Waals surface area contributed by atoms with Crippen molar-refractivity contribution >= 4 is 23.5 Å². The Kier molecular flexibility index (Phi) is 6.83. The summed E-state index contributed by atoms with van der Waals surface area (Å²) in [4.78, 5) is 2.59. The first kappa shape index (κ1) is 16.1. The molecular formula is C17H20O2S2. The van der Waals surface area contributed by atoms with Crippen LogP contribution in [0, 0.1) is 0 Å². The Labute approximate surface area is 135 Å². The average molecular weight is 320 g/mol. The zero-order valence-corrected chi connectivity index (χ0v) is 14.0. The number of methoxy groups -OCH3 is 2. The summed E-state index contributed by atoms with van der Waals surface area (Å²) in [5.41, 5.74) is 0. The highest BCUT2D eigenvalue weighted by Gasteiger charge is 1.98. The van der Waals surface area contributed by atoms with Crippen LogP contribution in [0.3, 0.4) is 0 Å². The molecule has 0 unspecified atom stereocenters. The molecule has 0 radical (unpaired) electrons. The first-order valence-electron chi connectivity index (χ1n) is 6.85. The molecule has 2 rings (SSSR count). The molecule has 0 N–H and O–H groups in total. The van der Waals surface area contributed by atoms with Gasteiger partial charge in [0.05, 0.1) is 14.2 Å². The third-order valence-electron chi connectivity index (χ3n) is 2.95. The lowest BCUT2D eigenvalue weighted by Gasteiger charge is -2.05. The van der Waals surface area contributed by atoms with Crippen LogP contribution in [0.25, 0.3) is 0 Å². The predicted molar refractivity (Wildman–Crippen MR) is 92.1 cm³/mol. The Morgan fingerprint density at radius 1 is 0.667 bits per heavy atom. The Bertz CT molecular complexity index is 474. The van der Waals surface area contributed by atoms with E-state index in [9.17, 15) is 0 Å². The third-order valence-corrected chi connectivity index (χ3v) is 5.14. The topological polar surface area (TPSA) is 18.5 Å². The Hall–Kier alpha value is -1.26. The summed E-state index contributed by atoms with van der Waals surface area (Å²) < 4.78 is 10.3. The number of hydrogen-bond donors (Lipinski definition) is 0. The minimum absolute atomic E-state index is 0.911. The van der Waals surface area contributed by atoms with Gasteiger partial charge in [-0.15, -0.1) is 23.5 Å². The second-order valence-corrected chi connectivity index (χ2v) is 6.74. The lowest BCUT2D eigenvalue weighted by atomic mass is 10.3. The molecule has 21 heavy (non-hydrogen) atoms. The molecule has 0 bridgehead atoms. The lowest BCUT2D eigenvalue weighted by Crippen LogP contribution is -1.86. The molecule has 0 amide bonds. The van der Waals surface area contributed by atoms with Crippen molar-refractivity contribution in [3.8, 4) is 11.5 Å². The van der Waals surface area contributed by atoms with Crippen LogP contribution in [0.5, 0.6) is 11.5 Å². The van der Waals surface area contributed by atoms with E-state index >= 15 is 0 Å². The molecule has 112 valence electrons. The summed E-state index contributed by atoms with van der Waals surface area (Å²) in [5.74, 6) is 4.09. The molecule has 0 spiro atoms. The lowest BCUT2D eigenvalue weighted by molar-refractivity contribution is 0.414. The van der Waals surface area contributed by atoms with Crippen molar-refractivity contribution in [1.82, 2.24) is 0 Å². The molecule has 0 saturated carbocycles. The van der Waals surface area contributed by atoms with Gasteiger partial charge in [-0.05, 0) is 66.5 Å². The van der Waals surface area contributed by atoms with E-state index in [1.165, 1.54) is 16.2 Å². The van der Waals surface area contributed by atoms with Gasteiger partial charge in [0.25, 0.3) is 0 Å². The monoisotopic (exact) mass is 320 g/mol. The van der Waals surface area contributed by atoms with Gasteiger partial charge in [0.2, 0.25) is 0 Å². The molecule has 0 fully saturated rings. The maximum atomic E-state index is 5.16. The van der Waals surface area contributed by atoms with Gasteiger partial charge in [0.15, 0.2) is 0 Å². The minimum atomic E-state index is 0.911. The van der Waals surface area contributed by atoms with Gasteiger partial charge in [-0.25, -0.2) is 0 Å². The van der Waals surface area contributed by atoms with E-state index < -0.39 is 0 Å². The Balaban J connectivity index is 1.64. The van der Waals surface area contributed by atoms with Crippen molar-refractivity contribution in [1.29, 1.82) is 0 Å². The van der Waals surface area contributed by atoms with Crippen LogP contribution in [0.1, 0.15) is 6.42 Å². The van der Waals surface area contributed by atoms with Crippen LogP contribution >= 0.6 is 23.5 Å². The van der Waals surface area contributed by atoms with E-state index in [1.54, 1.807) is 14.2 Å². The number of thioether (sulfide) groups is 2. The van der Waals surface area contributed by atoms with Crippen LogP contribution in [-0.2, 0) is 0 Å². The summed E-state index contributed by atoms with van der Waals surface area (Å²) in [6, 6.07) is 16.5. The van der Waals surface area contributed by atoms with Gasteiger partial charge < -0.3 is 9.47 Å². The fourth-order valence-corrected chi connectivity index (χ4v) is 3.67. The summed E-state index contributed by atoms with van der Waals surface area (Å²) in [7, 11) is 3.39. The van der Waals surface area contributed by atoms with Crippen LogP contribution in [0.15, 0.2) is 58.3 Å². The predicted octanol–water partition coefficient (Wildman–Crippen LogP) is 4.98. The molecular weight excluding hydrogens is 300 g/mol. The first-order valence-corrected chi connectivity index (χ1v) is 8.82. The van der Waals surface area contributed by atoms with Crippen molar-refractivity contribution in [3.05, 3.63) is 48.5 Å². The van der Waals surface area contributed by atoms with Crippen LogP contribution < -0.4 is 9.47 Å². The standard InChI is InChI=1S/C17H20O2S2/c1-18-14-4-8-16(9-5-14)20-12-3-13-21-17-10-6-15(19-2)7-11-17/h4-11H,3,12-13H2,1-2H3. The second-order valence-electron chi connectivity index (χ2n) is 4.40. The molecule has 0 atom stereocenters. The van der Waals surface area contributed by atoms with Gasteiger partial charge in [-0.1, -0.05) is 0 Å². The molecule has 0 aliphatic rings. The zero-order valence-electron chi connectivity index (χ0n) is 12.4. The fourth-order valence-electron chi connectivity index (χ4n) is 1.78. The number of benzene rings is 2. The van der Waals surface area contributed by atoms with E-state index in [4.69, 9.17) is 9.47 Å². The number of hydrogen-bond acceptors (Lipinski definition) is 4. The summed E-state index contributed by atoms with van der Waals surface area (Å²) in [6.07, 6.45) is 1.19. The highest BCUT2D eigenvalue weighted by Crippen LogP contribution is 2.25. The van der Waals surface area contributed by atoms with Crippen molar-refractivity contribution < 1.29 is 9.47 Å². The molecule has 0 saturated heterocycles. The van der Waals surface area contributed by atoms with Gasteiger partial charge >= 0.3 is 0 Å². The van der Waals surface area contributed by atoms with E-state index in [0.717, 1.165) is 23.0 Å². The van der Waals surface area contributed by atoms with E-state index in [0.29, 0.717) is 0 Å². The van der Waals surface area contributed by atoms with E-state index in [1.807, 2.05) is 47.8 Å². The molecule has 2 nitrogen and oxygen atoms in total. The maximum Gasteiger partial charge on any atom is 0.118 e. The molecule has 2 aromatic rings. The third kappa shape index (κ3) is 5.56. The SMILES string of the molecule is COc1ccc(SCCCSc2ccc(OC)cc2)cc1. The molecule has 0 aliphatic heterocycles. The average Bonchev–Trinajstić information content (AvgIpc) is 2.55. The van der Waals surface area contributed by atoms with Crippen LogP contribution in [-0.4, -0.2) is 25.7 Å². The molecule has 2 aromatic carbocycles. The summed E-state index contributed by atoms with van der Waals surface area (Å²) in [5, 5.41) is 0. The van der Waals surface area contributed by atoms with Crippen molar-refractivity contribution in [2.24, 2.45) is 0 Å². The Morgan fingerprint density at radius 3 is 1.38 bits per heavy atom. The van der Waals surface area contributed by atoms with Crippen LogP contribution in [0.4, 0.5) is 0 Å². The zero-order chi connectivity index (χ0) is 14.9. The van der Waals surface area contributed by atoms with Crippen LogP contribution in [0.2, 0.25) is 0 Å². The number of rotatable bonds is 8. The minimum Gasteiger partial charge on any atom is -0.497 e. The smallest absolute Gasteiger partial charge is 0.118 e. The summed E-state index contributed by atoms with van der Waals surface area (Å²) >= 11 is 3.78. The van der Waals surface area contributed by atoms with Gasteiger partial charge in [-0.2, -0.15) is 0 Å². The van der Waals surface area contributed by atoms with E-state index in [2.05, 4.69) is 24.3 Å². The largest absolute Gasteiger partial charge is 0.497 e.